The van der Waals surface area contributed by atoms with Crippen LogP contribution in [0, 0.1) is 0 Å². The molecule has 1 amide bonds. The van der Waals surface area contributed by atoms with Gasteiger partial charge in [0, 0.05) is 5.56 Å². The highest BCUT2D eigenvalue weighted by molar-refractivity contribution is 6.02. The van der Waals surface area contributed by atoms with Crippen LogP contribution in [0.5, 0.6) is 0 Å². The summed E-state index contributed by atoms with van der Waals surface area (Å²) in [5.41, 5.74) is 1.76. The maximum absolute atomic E-state index is 12.3. The van der Waals surface area contributed by atoms with Crippen molar-refractivity contribution < 1.29 is 14.3 Å². The molecule has 0 aliphatic rings. The average molecular weight is 322 g/mol. The first kappa shape index (κ1) is 15.4. The van der Waals surface area contributed by atoms with Gasteiger partial charge in [-0.3, -0.25) is 4.79 Å². The van der Waals surface area contributed by atoms with E-state index in [2.05, 4.69) is 15.6 Å². The number of hydrogen-bond acceptors (Lipinski definition) is 5. The molecule has 0 atom stereocenters. The Morgan fingerprint density at radius 1 is 1.08 bits per heavy atom. The quantitative estimate of drug-likeness (QED) is 0.585. The van der Waals surface area contributed by atoms with Crippen LogP contribution in [0.2, 0.25) is 0 Å². The summed E-state index contributed by atoms with van der Waals surface area (Å²) in [4.78, 5) is 24.2. The normalized spacial score (nSPS) is 11.3. The van der Waals surface area contributed by atoms with Crippen LogP contribution in [0.4, 0.5) is 0 Å². The molecule has 0 aliphatic carbocycles. The fraction of sp³-hybridized carbons (Fsp3) is 0.0588. The topological polar surface area (TPSA) is 86.1 Å². The Hall–Kier alpha value is -3.48. The van der Waals surface area contributed by atoms with Crippen molar-refractivity contribution in [2.24, 2.45) is 0 Å². The number of hydrogen-bond donors (Lipinski definition) is 1. The van der Waals surface area contributed by atoms with Gasteiger partial charge in [-0.2, -0.15) is 0 Å². The van der Waals surface area contributed by atoms with Crippen LogP contribution in [0.1, 0.15) is 10.4 Å². The number of esters is 1. The molecule has 0 bridgehead atoms. The van der Waals surface area contributed by atoms with Crippen LogP contribution in [-0.2, 0) is 9.53 Å². The van der Waals surface area contributed by atoms with Crippen molar-refractivity contribution in [1.82, 2.24) is 20.3 Å². The second-order valence-electron chi connectivity index (χ2n) is 4.88. The summed E-state index contributed by atoms with van der Waals surface area (Å²) in [6.45, 7) is 0. The molecule has 7 heteroatoms. The van der Waals surface area contributed by atoms with Crippen LogP contribution in [0.25, 0.3) is 17.2 Å². The van der Waals surface area contributed by atoms with Gasteiger partial charge < -0.3 is 10.1 Å². The predicted octanol–water partition coefficient (Wildman–Crippen LogP) is 1.83. The molecule has 2 aromatic carbocycles. The molecule has 3 aromatic rings. The number of aromatic nitrogens is 3. The molecule has 7 nitrogen and oxygen atoms in total. The molecular formula is C17H14N4O3. The van der Waals surface area contributed by atoms with E-state index in [-0.39, 0.29) is 5.70 Å². The summed E-state index contributed by atoms with van der Waals surface area (Å²) in [5.74, 6) is -1.10. The monoisotopic (exact) mass is 322 g/mol. The Kier molecular flexibility index (Phi) is 4.33. The molecular weight excluding hydrogens is 308 g/mol. The van der Waals surface area contributed by atoms with E-state index in [0.717, 1.165) is 0 Å². The van der Waals surface area contributed by atoms with E-state index in [4.69, 9.17) is 4.74 Å². The fourth-order valence-corrected chi connectivity index (χ4v) is 2.13. The zero-order chi connectivity index (χ0) is 16.9. The summed E-state index contributed by atoms with van der Waals surface area (Å²) in [7, 11) is 1.24. The lowest BCUT2D eigenvalue weighted by atomic mass is 10.2. The van der Waals surface area contributed by atoms with E-state index in [1.54, 1.807) is 42.5 Å². The Bertz CT molecular complexity index is 916. The minimum absolute atomic E-state index is 0.0398. The number of para-hydroxylation sites is 1. The molecule has 24 heavy (non-hydrogen) atoms. The van der Waals surface area contributed by atoms with Crippen molar-refractivity contribution in [3.8, 4) is 0 Å². The first-order valence-electron chi connectivity index (χ1n) is 7.15. The van der Waals surface area contributed by atoms with Crippen LogP contribution >= 0.6 is 0 Å². The zero-order valence-electron chi connectivity index (χ0n) is 12.8. The lowest BCUT2D eigenvalue weighted by Gasteiger charge is -2.08. The number of methoxy groups -OCH3 is 1. The molecule has 1 N–H and O–H groups in total. The van der Waals surface area contributed by atoms with E-state index in [1.807, 2.05) is 12.1 Å². The third-order valence-electron chi connectivity index (χ3n) is 3.32. The molecule has 1 aromatic heterocycles. The molecule has 0 spiro atoms. The van der Waals surface area contributed by atoms with Gasteiger partial charge in [-0.05, 0) is 24.3 Å². The maximum Gasteiger partial charge on any atom is 0.356 e. The van der Waals surface area contributed by atoms with Crippen LogP contribution in [0.3, 0.4) is 0 Å². The SMILES string of the molecule is COC(=O)/C(=C\n1nnc2ccccc21)NC(=O)c1ccccc1. The van der Waals surface area contributed by atoms with E-state index in [9.17, 15) is 9.59 Å². The van der Waals surface area contributed by atoms with Gasteiger partial charge in [-0.15, -0.1) is 5.10 Å². The molecule has 0 fully saturated rings. The summed E-state index contributed by atoms with van der Waals surface area (Å²) in [6.07, 6.45) is 1.38. The van der Waals surface area contributed by atoms with Crippen molar-refractivity contribution in [3.63, 3.8) is 0 Å². The van der Waals surface area contributed by atoms with Crippen molar-refractivity contribution in [2.75, 3.05) is 7.11 Å². The van der Waals surface area contributed by atoms with Gasteiger partial charge in [0.2, 0.25) is 0 Å². The summed E-state index contributed by atoms with van der Waals surface area (Å²) < 4.78 is 6.14. The molecule has 120 valence electrons. The van der Waals surface area contributed by atoms with Gasteiger partial charge in [-0.1, -0.05) is 35.5 Å². The third kappa shape index (κ3) is 3.14. The molecule has 0 radical (unpaired) electrons. The van der Waals surface area contributed by atoms with Crippen molar-refractivity contribution in [3.05, 3.63) is 65.9 Å². The van der Waals surface area contributed by atoms with Gasteiger partial charge in [0.15, 0.2) is 0 Å². The van der Waals surface area contributed by atoms with Crippen LogP contribution in [0.15, 0.2) is 60.3 Å². The van der Waals surface area contributed by atoms with E-state index in [0.29, 0.717) is 16.6 Å². The summed E-state index contributed by atoms with van der Waals surface area (Å²) >= 11 is 0. The first-order chi connectivity index (χ1) is 11.7. The smallest absolute Gasteiger partial charge is 0.356 e. The molecule has 1 heterocycles. The number of nitrogens with one attached hydrogen (secondary N) is 1. The Balaban J connectivity index is 1.95. The van der Waals surface area contributed by atoms with Crippen LogP contribution < -0.4 is 5.32 Å². The second kappa shape index (κ2) is 6.74. The fourth-order valence-electron chi connectivity index (χ4n) is 2.13. The van der Waals surface area contributed by atoms with E-state index in [1.165, 1.54) is 18.0 Å². The van der Waals surface area contributed by atoms with Crippen LogP contribution in [-0.4, -0.2) is 34.0 Å². The largest absolute Gasteiger partial charge is 0.464 e. The number of fused-ring (bicyclic) bond motifs is 1. The maximum atomic E-state index is 12.3. The molecule has 3 rings (SSSR count). The lowest BCUT2D eigenvalue weighted by molar-refractivity contribution is -0.136. The van der Waals surface area contributed by atoms with Crippen molar-refractivity contribution in [1.29, 1.82) is 0 Å². The molecule has 0 unspecified atom stereocenters. The Labute approximate surface area is 137 Å². The highest BCUT2D eigenvalue weighted by atomic mass is 16.5. The second-order valence-corrected chi connectivity index (χ2v) is 4.88. The van der Waals surface area contributed by atoms with Gasteiger partial charge >= 0.3 is 5.97 Å². The van der Waals surface area contributed by atoms with E-state index >= 15 is 0 Å². The zero-order valence-corrected chi connectivity index (χ0v) is 12.8. The third-order valence-corrected chi connectivity index (χ3v) is 3.32. The molecule has 0 saturated carbocycles. The number of carbonyl (C=O) groups excluding carboxylic acids is 2. The van der Waals surface area contributed by atoms with Gasteiger partial charge in [0.25, 0.3) is 5.91 Å². The van der Waals surface area contributed by atoms with Gasteiger partial charge in [0.05, 0.1) is 18.8 Å². The van der Waals surface area contributed by atoms with Crippen molar-refractivity contribution >= 4 is 29.1 Å². The predicted molar refractivity (Wildman–Crippen MR) is 87.7 cm³/mol. The Morgan fingerprint density at radius 3 is 2.54 bits per heavy atom. The average Bonchev–Trinajstić information content (AvgIpc) is 3.04. The van der Waals surface area contributed by atoms with E-state index < -0.39 is 11.9 Å². The molecule has 0 aliphatic heterocycles. The minimum atomic E-state index is -0.682. The number of nitrogens with zero attached hydrogens (tertiary/aromatic N) is 3. The summed E-state index contributed by atoms with van der Waals surface area (Å²) in [6, 6.07) is 15.8. The van der Waals surface area contributed by atoms with Crippen molar-refractivity contribution in [2.45, 2.75) is 0 Å². The number of ether oxygens (including phenoxy) is 1. The number of amides is 1. The van der Waals surface area contributed by atoms with Gasteiger partial charge in [0.1, 0.15) is 11.2 Å². The van der Waals surface area contributed by atoms with Gasteiger partial charge in [-0.25, -0.2) is 9.48 Å². The first-order valence-corrected chi connectivity index (χ1v) is 7.15. The standard InChI is InChI=1S/C17H14N4O3/c1-24-17(23)14(18-16(22)12-7-3-2-4-8-12)11-21-15-10-6-5-9-13(15)19-20-21/h2-11H,1H3,(H,18,22)/b14-11+. The number of rotatable bonds is 4. The number of carbonyl (C=O) groups is 2. The summed E-state index contributed by atoms with van der Waals surface area (Å²) in [5, 5.41) is 10.5. The lowest BCUT2D eigenvalue weighted by Crippen LogP contribution is -2.28. The highest BCUT2D eigenvalue weighted by Crippen LogP contribution is 2.11. The minimum Gasteiger partial charge on any atom is -0.464 e. The number of benzene rings is 2. The Morgan fingerprint density at radius 2 is 1.79 bits per heavy atom. The highest BCUT2D eigenvalue weighted by Gasteiger charge is 2.16. The molecule has 0 saturated heterocycles.